The highest BCUT2D eigenvalue weighted by Crippen LogP contribution is 2.40. The first kappa shape index (κ1) is 12.2. The second kappa shape index (κ2) is 4.06. The summed E-state index contributed by atoms with van der Waals surface area (Å²) in [6, 6.07) is 0. The molecular weight excluding hydrogens is 252 g/mol. The van der Waals surface area contributed by atoms with Gasteiger partial charge in [0.15, 0.2) is 5.76 Å². The highest BCUT2D eigenvalue weighted by atomic mass is 32.2. The molecule has 2 fully saturated rings. The molecule has 2 aliphatic rings. The zero-order valence-corrected chi connectivity index (χ0v) is 11.5. The summed E-state index contributed by atoms with van der Waals surface area (Å²) in [6.45, 7) is 4.66. The summed E-state index contributed by atoms with van der Waals surface area (Å²) in [7, 11) is -3.42. The summed E-state index contributed by atoms with van der Waals surface area (Å²) in [5, 5.41) is 3.75. The first-order valence-corrected chi connectivity index (χ1v) is 7.87. The topological polar surface area (TPSA) is 63.4 Å². The molecule has 0 N–H and O–H groups in total. The molecule has 2 unspecified atom stereocenters. The van der Waals surface area contributed by atoms with Gasteiger partial charge in [0.05, 0.1) is 0 Å². The van der Waals surface area contributed by atoms with Gasteiger partial charge in [0.25, 0.3) is 0 Å². The van der Waals surface area contributed by atoms with E-state index in [4.69, 9.17) is 4.52 Å². The van der Waals surface area contributed by atoms with Crippen molar-refractivity contribution in [1.29, 1.82) is 0 Å². The largest absolute Gasteiger partial charge is 0.360 e. The fourth-order valence-electron chi connectivity index (χ4n) is 3.36. The third-order valence-corrected chi connectivity index (χ3v) is 6.34. The number of rotatable bonds is 2. The number of hydrogen-bond acceptors (Lipinski definition) is 4. The lowest BCUT2D eigenvalue weighted by Gasteiger charge is -2.16. The molecule has 0 amide bonds. The van der Waals surface area contributed by atoms with Crippen LogP contribution in [0.5, 0.6) is 0 Å². The molecule has 1 aliphatic heterocycles. The number of nitrogens with zero attached hydrogens (tertiary/aromatic N) is 2. The van der Waals surface area contributed by atoms with E-state index >= 15 is 0 Å². The third kappa shape index (κ3) is 1.70. The average molecular weight is 270 g/mol. The van der Waals surface area contributed by atoms with Crippen LogP contribution in [0.2, 0.25) is 0 Å². The first-order chi connectivity index (χ1) is 8.50. The van der Waals surface area contributed by atoms with Crippen LogP contribution < -0.4 is 0 Å². The minimum absolute atomic E-state index is 0.266. The van der Waals surface area contributed by atoms with E-state index in [-0.39, 0.29) is 4.90 Å². The lowest BCUT2D eigenvalue weighted by atomic mass is 10.0. The van der Waals surface area contributed by atoms with E-state index in [1.165, 1.54) is 6.42 Å². The zero-order valence-electron chi connectivity index (χ0n) is 10.7. The molecule has 2 atom stereocenters. The number of aromatic nitrogens is 1. The Kier molecular flexibility index (Phi) is 2.75. The Morgan fingerprint density at radius 1 is 1.22 bits per heavy atom. The number of hydrogen-bond donors (Lipinski definition) is 0. The van der Waals surface area contributed by atoms with Gasteiger partial charge in [-0.15, -0.1) is 0 Å². The smallest absolute Gasteiger partial charge is 0.248 e. The Bertz CT molecular complexity index is 532. The second-order valence-electron chi connectivity index (χ2n) is 5.43. The summed E-state index contributed by atoms with van der Waals surface area (Å²) in [4.78, 5) is 0.266. The van der Waals surface area contributed by atoms with E-state index in [1.54, 1.807) is 18.2 Å². The van der Waals surface area contributed by atoms with Crippen molar-refractivity contribution < 1.29 is 12.9 Å². The molecule has 0 aromatic carbocycles. The Labute approximate surface area is 107 Å². The van der Waals surface area contributed by atoms with Crippen LogP contribution in [0.25, 0.3) is 0 Å². The van der Waals surface area contributed by atoms with E-state index < -0.39 is 10.0 Å². The molecule has 18 heavy (non-hydrogen) atoms. The maximum absolute atomic E-state index is 12.6. The highest BCUT2D eigenvalue weighted by Gasteiger charge is 2.42. The van der Waals surface area contributed by atoms with Gasteiger partial charge in [0.2, 0.25) is 10.0 Å². The monoisotopic (exact) mass is 270 g/mol. The van der Waals surface area contributed by atoms with E-state index in [0.29, 0.717) is 36.4 Å². The standard InChI is InChI=1S/C12H18N2O3S/c1-8-12(9(2)17-13-8)18(15,16)14-6-10-4-3-5-11(10)7-14/h10-11H,3-7H2,1-2H3. The van der Waals surface area contributed by atoms with Gasteiger partial charge < -0.3 is 4.52 Å². The van der Waals surface area contributed by atoms with Crippen LogP contribution in [0.3, 0.4) is 0 Å². The SMILES string of the molecule is Cc1noc(C)c1S(=O)(=O)N1CC2CCCC2C1. The molecular formula is C12H18N2O3S. The Hall–Kier alpha value is -0.880. The van der Waals surface area contributed by atoms with Crippen LogP contribution in [0.4, 0.5) is 0 Å². The van der Waals surface area contributed by atoms with Gasteiger partial charge in [-0.05, 0) is 38.5 Å². The van der Waals surface area contributed by atoms with Crippen molar-refractivity contribution in [2.24, 2.45) is 11.8 Å². The fourth-order valence-corrected chi connectivity index (χ4v) is 5.21. The molecule has 2 heterocycles. The maximum atomic E-state index is 12.6. The second-order valence-corrected chi connectivity index (χ2v) is 7.30. The van der Waals surface area contributed by atoms with Gasteiger partial charge in [0, 0.05) is 13.1 Å². The molecule has 6 heteroatoms. The van der Waals surface area contributed by atoms with E-state index in [2.05, 4.69) is 5.16 Å². The van der Waals surface area contributed by atoms with Crippen LogP contribution in [-0.2, 0) is 10.0 Å². The van der Waals surface area contributed by atoms with E-state index in [1.807, 2.05) is 0 Å². The molecule has 1 aromatic rings. The van der Waals surface area contributed by atoms with Gasteiger partial charge in [-0.2, -0.15) is 4.31 Å². The predicted octanol–water partition coefficient (Wildman–Crippen LogP) is 1.71. The predicted molar refractivity (Wildman–Crippen MR) is 65.6 cm³/mol. The van der Waals surface area contributed by atoms with Crippen molar-refractivity contribution in [3.05, 3.63) is 11.5 Å². The van der Waals surface area contributed by atoms with Gasteiger partial charge in [-0.1, -0.05) is 11.6 Å². The number of aryl methyl sites for hydroxylation is 2. The number of fused-ring (bicyclic) bond motifs is 1. The molecule has 1 saturated carbocycles. The number of sulfonamides is 1. The van der Waals surface area contributed by atoms with Gasteiger partial charge >= 0.3 is 0 Å². The van der Waals surface area contributed by atoms with Crippen molar-refractivity contribution in [3.63, 3.8) is 0 Å². The minimum Gasteiger partial charge on any atom is -0.360 e. The van der Waals surface area contributed by atoms with Crippen molar-refractivity contribution in [2.75, 3.05) is 13.1 Å². The molecule has 0 spiro atoms. The van der Waals surface area contributed by atoms with Crippen molar-refractivity contribution in [3.8, 4) is 0 Å². The lowest BCUT2D eigenvalue weighted by molar-refractivity contribution is 0.389. The van der Waals surface area contributed by atoms with Crippen LogP contribution in [0, 0.1) is 25.7 Å². The van der Waals surface area contributed by atoms with Crippen LogP contribution in [0.1, 0.15) is 30.7 Å². The molecule has 3 rings (SSSR count). The van der Waals surface area contributed by atoms with E-state index in [9.17, 15) is 8.42 Å². The highest BCUT2D eigenvalue weighted by molar-refractivity contribution is 7.89. The summed E-state index contributed by atoms with van der Waals surface area (Å²) < 4.78 is 31.8. The maximum Gasteiger partial charge on any atom is 0.248 e. The van der Waals surface area contributed by atoms with Gasteiger partial charge in [-0.25, -0.2) is 8.42 Å². The van der Waals surface area contributed by atoms with Crippen molar-refractivity contribution >= 4 is 10.0 Å². The minimum atomic E-state index is -3.42. The van der Waals surface area contributed by atoms with Crippen molar-refractivity contribution in [1.82, 2.24) is 9.46 Å². The first-order valence-electron chi connectivity index (χ1n) is 6.43. The molecule has 0 bridgehead atoms. The molecule has 5 nitrogen and oxygen atoms in total. The zero-order chi connectivity index (χ0) is 12.9. The third-order valence-electron chi connectivity index (χ3n) is 4.26. The Balaban J connectivity index is 1.92. The average Bonchev–Trinajstić information content (AvgIpc) is 2.91. The summed E-state index contributed by atoms with van der Waals surface area (Å²) in [6.07, 6.45) is 3.57. The van der Waals surface area contributed by atoms with Crippen LogP contribution in [0.15, 0.2) is 9.42 Å². The molecule has 1 aromatic heterocycles. The summed E-state index contributed by atoms with van der Waals surface area (Å²) in [5.41, 5.74) is 0.463. The quantitative estimate of drug-likeness (QED) is 0.820. The molecule has 100 valence electrons. The Morgan fingerprint density at radius 3 is 2.33 bits per heavy atom. The summed E-state index contributed by atoms with van der Waals surface area (Å²) >= 11 is 0. The molecule has 0 radical (unpaired) electrons. The molecule has 1 aliphatic carbocycles. The van der Waals surface area contributed by atoms with Crippen LogP contribution in [-0.4, -0.2) is 31.0 Å². The van der Waals surface area contributed by atoms with Gasteiger partial charge in [0.1, 0.15) is 10.6 Å². The lowest BCUT2D eigenvalue weighted by Crippen LogP contribution is -2.30. The summed E-state index contributed by atoms with van der Waals surface area (Å²) in [5.74, 6) is 1.50. The molecule has 1 saturated heterocycles. The van der Waals surface area contributed by atoms with Crippen LogP contribution >= 0.6 is 0 Å². The normalized spacial score (nSPS) is 28.8. The van der Waals surface area contributed by atoms with Crippen molar-refractivity contribution in [2.45, 2.75) is 38.0 Å². The Morgan fingerprint density at radius 2 is 1.83 bits per heavy atom. The van der Waals surface area contributed by atoms with E-state index in [0.717, 1.165) is 12.8 Å². The van der Waals surface area contributed by atoms with Gasteiger partial charge in [-0.3, -0.25) is 0 Å². The fraction of sp³-hybridized carbons (Fsp3) is 0.750.